The van der Waals surface area contributed by atoms with Gasteiger partial charge in [-0.3, -0.25) is 0 Å². The molecule has 1 aromatic heterocycles. The van der Waals surface area contributed by atoms with Crippen molar-refractivity contribution in [3.63, 3.8) is 0 Å². The molecule has 2 heterocycles. The van der Waals surface area contributed by atoms with E-state index in [2.05, 4.69) is 33.4 Å². The number of aromatic nitrogens is 2. The number of anilines is 2. The van der Waals surface area contributed by atoms with E-state index >= 15 is 0 Å². The smallest absolute Gasteiger partial charge is 0.128 e. The molecule has 6 heteroatoms. The third kappa shape index (κ3) is 3.62. The van der Waals surface area contributed by atoms with Crippen LogP contribution in [-0.4, -0.2) is 34.4 Å². The number of halogens is 1. The van der Waals surface area contributed by atoms with Crippen LogP contribution in [0.15, 0.2) is 30.5 Å². The summed E-state index contributed by atoms with van der Waals surface area (Å²) in [7, 11) is 1.91. The number of aliphatic hydroxyl groups is 1. The average molecular weight is 335 g/mol. The zero-order valence-corrected chi connectivity index (χ0v) is 14.1. The summed E-state index contributed by atoms with van der Waals surface area (Å²) >= 11 is 6.04. The SMILES string of the molecule is Cn1c(Cl)cnc1CNc1ccccc1N1CCC(CO)CC1. The van der Waals surface area contributed by atoms with Crippen LogP contribution in [0, 0.1) is 5.92 Å². The second-order valence-electron chi connectivity index (χ2n) is 6.04. The fourth-order valence-electron chi connectivity index (χ4n) is 3.02. The van der Waals surface area contributed by atoms with E-state index in [0.29, 0.717) is 24.2 Å². The maximum atomic E-state index is 9.29. The predicted octanol–water partition coefficient (Wildman–Crippen LogP) is 2.89. The molecule has 3 rings (SSSR count). The molecule has 2 aromatic rings. The lowest BCUT2D eigenvalue weighted by Crippen LogP contribution is -2.35. The van der Waals surface area contributed by atoms with E-state index in [9.17, 15) is 5.11 Å². The highest BCUT2D eigenvalue weighted by atomic mass is 35.5. The van der Waals surface area contributed by atoms with E-state index in [4.69, 9.17) is 11.6 Å². The summed E-state index contributed by atoms with van der Waals surface area (Å²) in [5.74, 6) is 1.35. The third-order valence-electron chi connectivity index (χ3n) is 4.58. The van der Waals surface area contributed by atoms with E-state index in [1.165, 1.54) is 5.69 Å². The van der Waals surface area contributed by atoms with Gasteiger partial charge in [-0.1, -0.05) is 23.7 Å². The molecule has 5 nitrogen and oxygen atoms in total. The van der Waals surface area contributed by atoms with Gasteiger partial charge in [0, 0.05) is 26.7 Å². The first-order valence-corrected chi connectivity index (χ1v) is 8.41. The van der Waals surface area contributed by atoms with Crippen LogP contribution in [0.4, 0.5) is 11.4 Å². The Hall–Kier alpha value is -1.72. The lowest BCUT2D eigenvalue weighted by atomic mass is 9.97. The molecule has 23 heavy (non-hydrogen) atoms. The topological polar surface area (TPSA) is 53.3 Å². The molecular weight excluding hydrogens is 312 g/mol. The van der Waals surface area contributed by atoms with Crippen LogP contribution < -0.4 is 10.2 Å². The van der Waals surface area contributed by atoms with Crippen LogP contribution in [0.3, 0.4) is 0 Å². The number of imidazole rings is 1. The Kier molecular flexibility index (Phi) is 5.08. The summed E-state index contributed by atoms with van der Waals surface area (Å²) in [6.45, 7) is 2.90. The number of aliphatic hydroxyl groups excluding tert-OH is 1. The van der Waals surface area contributed by atoms with Crippen molar-refractivity contribution < 1.29 is 5.11 Å². The standard InChI is InChI=1S/C17H23ClN4O/c1-21-16(18)10-20-17(21)11-19-14-4-2-3-5-15(14)22-8-6-13(12-23)7-9-22/h2-5,10,13,19,23H,6-9,11-12H2,1H3. The lowest BCUT2D eigenvalue weighted by Gasteiger charge is -2.34. The van der Waals surface area contributed by atoms with Gasteiger partial charge in [-0.15, -0.1) is 0 Å². The van der Waals surface area contributed by atoms with E-state index in [0.717, 1.165) is 37.4 Å². The summed E-state index contributed by atoms with van der Waals surface area (Å²) < 4.78 is 1.88. The zero-order valence-electron chi connectivity index (χ0n) is 13.4. The summed E-state index contributed by atoms with van der Waals surface area (Å²) in [5, 5.41) is 13.4. The first-order valence-electron chi connectivity index (χ1n) is 8.04. The quantitative estimate of drug-likeness (QED) is 0.882. The van der Waals surface area contributed by atoms with E-state index in [-0.39, 0.29) is 0 Å². The molecule has 0 saturated carbocycles. The van der Waals surface area contributed by atoms with Crippen LogP contribution in [-0.2, 0) is 13.6 Å². The Balaban J connectivity index is 1.70. The summed E-state index contributed by atoms with van der Waals surface area (Å²) in [4.78, 5) is 6.71. The number of nitrogens with one attached hydrogen (secondary N) is 1. The minimum atomic E-state index is 0.299. The average Bonchev–Trinajstić information content (AvgIpc) is 2.92. The molecular formula is C17H23ClN4O. The van der Waals surface area contributed by atoms with Crippen molar-refractivity contribution in [3.05, 3.63) is 41.4 Å². The van der Waals surface area contributed by atoms with Gasteiger partial charge >= 0.3 is 0 Å². The van der Waals surface area contributed by atoms with Crippen LogP contribution in [0.25, 0.3) is 0 Å². The van der Waals surface area contributed by atoms with Crippen molar-refractivity contribution in [2.75, 3.05) is 29.9 Å². The molecule has 0 radical (unpaired) electrons. The second kappa shape index (κ2) is 7.23. The van der Waals surface area contributed by atoms with Gasteiger partial charge in [-0.25, -0.2) is 4.98 Å². The van der Waals surface area contributed by atoms with Crippen LogP contribution in [0.5, 0.6) is 0 Å². The van der Waals surface area contributed by atoms with Gasteiger partial charge in [-0.2, -0.15) is 0 Å². The number of nitrogens with zero attached hydrogens (tertiary/aromatic N) is 3. The molecule has 124 valence electrons. The fourth-order valence-corrected chi connectivity index (χ4v) is 3.16. The van der Waals surface area contributed by atoms with Gasteiger partial charge in [-0.05, 0) is 30.9 Å². The molecule has 0 bridgehead atoms. The Morgan fingerprint density at radius 3 is 2.70 bits per heavy atom. The molecule has 1 aromatic carbocycles. The number of benzene rings is 1. The van der Waals surface area contributed by atoms with Gasteiger partial charge in [0.2, 0.25) is 0 Å². The van der Waals surface area contributed by atoms with Crippen LogP contribution in [0.2, 0.25) is 5.15 Å². The Labute approximate surface area is 141 Å². The van der Waals surface area contributed by atoms with Crippen molar-refractivity contribution in [2.24, 2.45) is 13.0 Å². The van der Waals surface area contributed by atoms with E-state index in [1.54, 1.807) is 6.20 Å². The summed E-state index contributed by atoms with van der Waals surface area (Å²) in [6.07, 6.45) is 3.75. The third-order valence-corrected chi connectivity index (χ3v) is 4.93. The first kappa shape index (κ1) is 16.1. The van der Waals surface area contributed by atoms with E-state index < -0.39 is 0 Å². The van der Waals surface area contributed by atoms with Gasteiger partial charge in [0.05, 0.1) is 24.1 Å². The predicted molar refractivity (Wildman–Crippen MR) is 94.0 cm³/mol. The summed E-state index contributed by atoms with van der Waals surface area (Å²) in [5.41, 5.74) is 2.32. The second-order valence-corrected chi connectivity index (χ2v) is 6.43. The minimum absolute atomic E-state index is 0.299. The number of rotatable bonds is 5. The fraction of sp³-hybridized carbons (Fsp3) is 0.471. The molecule has 1 aliphatic rings. The Morgan fingerprint density at radius 1 is 1.30 bits per heavy atom. The molecule has 1 saturated heterocycles. The number of para-hydroxylation sites is 2. The monoisotopic (exact) mass is 334 g/mol. The van der Waals surface area contributed by atoms with Crippen LogP contribution in [0.1, 0.15) is 18.7 Å². The Morgan fingerprint density at radius 2 is 2.04 bits per heavy atom. The Bertz CT molecular complexity index is 650. The maximum Gasteiger partial charge on any atom is 0.128 e. The number of piperidine rings is 1. The van der Waals surface area contributed by atoms with Gasteiger partial charge < -0.3 is 19.9 Å². The van der Waals surface area contributed by atoms with Crippen LogP contribution >= 0.6 is 11.6 Å². The number of hydrogen-bond acceptors (Lipinski definition) is 4. The van der Waals surface area contributed by atoms with Crippen molar-refractivity contribution in [1.82, 2.24) is 9.55 Å². The molecule has 0 aliphatic carbocycles. The first-order chi connectivity index (χ1) is 11.2. The highest BCUT2D eigenvalue weighted by molar-refractivity contribution is 6.29. The lowest BCUT2D eigenvalue weighted by molar-refractivity contribution is 0.203. The van der Waals surface area contributed by atoms with Crippen molar-refractivity contribution in [1.29, 1.82) is 0 Å². The van der Waals surface area contributed by atoms with Crippen molar-refractivity contribution in [3.8, 4) is 0 Å². The zero-order chi connectivity index (χ0) is 16.2. The summed E-state index contributed by atoms with van der Waals surface area (Å²) in [6, 6.07) is 8.35. The molecule has 2 N–H and O–H groups in total. The minimum Gasteiger partial charge on any atom is -0.396 e. The molecule has 1 aliphatic heterocycles. The molecule has 0 amide bonds. The highest BCUT2D eigenvalue weighted by Gasteiger charge is 2.20. The van der Waals surface area contributed by atoms with Gasteiger partial charge in [0.25, 0.3) is 0 Å². The normalized spacial score (nSPS) is 15.9. The highest BCUT2D eigenvalue weighted by Crippen LogP contribution is 2.30. The molecule has 0 atom stereocenters. The van der Waals surface area contributed by atoms with Gasteiger partial charge in [0.1, 0.15) is 11.0 Å². The van der Waals surface area contributed by atoms with Crippen molar-refractivity contribution in [2.45, 2.75) is 19.4 Å². The van der Waals surface area contributed by atoms with Gasteiger partial charge in [0.15, 0.2) is 0 Å². The molecule has 1 fully saturated rings. The largest absolute Gasteiger partial charge is 0.396 e. The van der Waals surface area contributed by atoms with E-state index in [1.807, 2.05) is 17.7 Å². The maximum absolute atomic E-state index is 9.29. The van der Waals surface area contributed by atoms with Crippen molar-refractivity contribution >= 4 is 23.0 Å². The molecule has 0 spiro atoms. The molecule has 0 unspecified atom stereocenters. The number of hydrogen-bond donors (Lipinski definition) is 2.